The molecule has 5 heteroatoms. The molecule has 0 spiro atoms. The van der Waals surface area contributed by atoms with Gasteiger partial charge in [-0.25, -0.2) is 0 Å². The summed E-state index contributed by atoms with van der Waals surface area (Å²) in [4.78, 5) is 2.02. The summed E-state index contributed by atoms with van der Waals surface area (Å²) in [7, 11) is 0. The van der Waals surface area contributed by atoms with Crippen molar-refractivity contribution in [2.45, 2.75) is 23.6 Å². The van der Waals surface area contributed by atoms with Gasteiger partial charge in [-0.1, -0.05) is 41.6 Å². The molecule has 0 heterocycles. The Balaban J connectivity index is 2.39. The van der Waals surface area contributed by atoms with Crippen LogP contribution in [0, 0.1) is 47.8 Å². The molecule has 24 heavy (non-hydrogen) atoms. The monoisotopic (exact) mass is 330 g/mol. The summed E-state index contributed by atoms with van der Waals surface area (Å²) in [6, 6.07) is 19.1. The van der Waals surface area contributed by atoms with E-state index in [9.17, 15) is 5.26 Å². The first kappa shape index (κ1) is 17.2. The van der Waals surface area contributed by atoms with Crippen molar-refractivity contribution in [2.24, 2.45) is 0 Å². The number of hydrogen-bond donors (Lipinski definition) is 1. The van der Waals surface area contributed by atoms with E-state index in [0.717, 1.165) is 9.79 Å². The summed E-state index contributed by atoms with van der Waals surface area (Å²) in [6.45, 7) is 4.10. The number of hydrogen-bond acceptors (Lipinski definition) is 5. The van der Waals surface area contributed by atoms with Crippen LogP contribution in [0.4, 0.5) is 5.69 Å². The number of nitrogens with zero attached hydrogens (tertiary/aromatic N) is 3. The van der Waals surface area contributed by atoms with Crippen LogP contribution in [-0.2, 0) is 0 Å². The third kappa shape index (κ3) is 3.96. The van der Waals surface area contributed by atoms with Gasteiger partial charge in [-0.2, -0.15) is 15.8 Å². The summed E-state index contributed by atoms with van der Waals surface area (Å²) in [5.41, 5.74) is 2.77. The molecule has 0 aliphatic rings. The lowest BCUT2D eigenvalue weighted by atomic mass is 10.2. The largest absolute Gasteiger partial charge is 0.344 e. The van der Waals surface area contributed by atoms with Gasteiger partial charge in [0.25, 0.3) is 0 Å². The van der Waals surface area contributed by atoms with Gasteiger partial charge in [-0.3, -0.25) is 0 Å². The minimum Gasteiger partial charge on any atom is -0.344 e. The van der Waals surface area contributed by atoms with Crippen LogP contribution in [-0.4, -0.2) is 0 Å². The predicted octanol–water partition coefficient (Wildman–Crippen LogP) is 4.69. The van der Waals surface area contributed by atoms with Crippen LogP contribution in [0.5, 0.6) is 0 Å². The summed E-state index contributed by atoms with van der Waals surface area (Å²) in [5.74, 6) is 0. The molecule has 0 bridgehead atoms. The number of benzene rings is 2. The van der Waals surface area contributed by atoms with Crippen LogP contribution in [0.15, 0.2) is 63.5 Å². The maximum atomic E-state index is 9.20. The maximum absolute atomic E-state index is 9.20. The van der Waals surface area contributed by atoms with Gasteiger partial charge >= 0.3 is 0 Å². The van der Waals surface area contributed by atoms with E-state index in [-0.39, 0.29) is 11.3 Å². The highest BCUT2D eigenvalue weighted by Crippen LogP contribution is 2.36. The zero-order valence-electron chi connectivity index (χ0n) is 13.3. The summed E-state index contributed by atoms with van der Waals surface area (Å²) >= 11 is 1.57. The molecule has 0 aromatic heterocycles. The van der Waals surface area contributed by atoms with E-state index in [0.29, 0.717) is 5.69 Å². The van der Waals surface area contributed by atoms with Gasteiger partial charge < -0.3 is 5.32 Å². The van der Waals surface area contributed by atoms with Crippen LogP contribution in [0.25, 0.3) is 0 Å². The summed E-state index contributed by atoms with van der Waals surface area (Å²) in [6.07, 6.45) is 0. The van der Waals surface area contributed by atoms with Gasteiger partial charge in [0.2, 0.25) is 0 Å². The number of rotatable bonds is 4. The SMILES string of the molecule is Cc1ccc(Sc2ccccc2NC(C#N)=C(C#N)C#N)c(C)c1. The van der Waals surface area contributed by atoms with Gasteiger partial charge in [0.1, 0.15) is 23.9 Å². The van der Waals surface area contributed by atoms with Gasteiger partial charge in [0, 0.05) is 9.79 Å². The number of para-hydroxylation sites is 1. The Morgan fingerprint density at radius 1 is 0.917 bits per heavy atom. The predicted molar refractivity (Wildman–Crippen MR) is 94.0 cm³/mol. The Labute approximate surface area is 145 Å². The second-order valence-corrected chi connectivity index (χ2v) is 6.16. The number of nitrogens with one attached hydrogen (secondary N) is 1. The van der Waals surface area contributed by atoms with Gasteiger partial charge in [-0.05, 0) is 37.6 Å². The molecule has 0 amide bonds. The molecule has 0 unspecified atom stereocenters. The molecule has 0 fully saturated rings. The lowest BCUT2D eigenvalue weighted by molar-refractivity contribution is 1.25. The van der Waals surface area contributed by atoms with Crippen LogP contribution in [0.3, 0.4) is 0 Å². The summed E-state index contributed by atoms with van der Waals surface area (Å²) in [5, 5.41) is 30.0. The number of nitriles is 3. The molecular formula is C19H14N4S. The van der Waals surface area contributed by atoms with Crippen molar-refractivity contribution >= 4 is 17.4 Å². The highest BCUT2D eigenvalue weighted by atomic mass is 32.2. The summed E-state index contributed by atoms with van der Waals surface area (Å²) < 4.78 is 0. The lowest BCUT2D eigenvalue weighted by Gasteiger charge is -2.12. The number of allylic oxidation sites excluding steroid dienone is 2. The molecule has 2 aromatic carbocycles. The Morgan fingerprint density at radius 2 is 1.62 bits per heavy atom. The smallest absolute Gasteiger partial charge is 0.163 e. The molecule has 0 aliphatic carbocycles. The van der Waals surface area contributed by atoms with E-state index in [1.54, 1.807) is 23.9 Å². The number of aryl methyl sites for hydroxylation is 2. The van der Waals surface area contributed by atoms with Crippen molar-refractivity contribution in [2.75, 3.05) is 5.32 Å². The van der Waals surface area contributed by atoms with Crippen molar-refractivity contribution in [1.82, 2.24) is 0 Å². The van der Waals surface area contributed by atoms with Crippen LogP contribution < -0.4 is 5.32 Å². The molecule has 2 aromatic rings. The zero-order valence-corrected chi connectivity index (χ0v) is 14.1. The lowest BCUT2D eigenvalue weighted by Crippen LogP contribution is -2.01. The topological polar surface area (TPSA) is 83.4 Å². The molecule has 0 radical (unpaired) electrons. The van der Waals surface area contributed by atoms with Crippen molar-refractivity contribution < 1.29 is 0 Å². The average Bonchev–Trinajstić information content (AvgIpc) is 2.58. The van der Waals surface area contributed by atoms with E-state index >= 15 is 0 Å². The van der Waals surface area contributed by atoms with Crippen molar-refractivity contribution in [3.63, 3.8) is 0 Å². The van der Waals surface area contributed by atoms with Crippen LogP contribution >= 0.6 is 11.8 Å². The Kier molecular flexibility index (Phi) is 5.63. The van der Waals surface area contributed by atoms with Gasteiger partial charge in [-0.15, -0.1) is 0 Å². The first-order valence-electron chi connectivity index (χ1n) is 7.14. The minimum absolute atomic E-state index is 0.0475. The Bertz CT molecular complexity index is 908. The molecule has 0 atom stereocenters. The fourth-order valence-electron chi connectivity index (χ4n) is 2.11. The van der Waals surface area contributed by atoms with Crippen molar-refractivity contribution in [3.8, 4) is 18.2 Å². The fraction of sp³-hybridized carbons (Fsp3) is 0.105. The van der Waals surface area contributed by atoms with E-state index in [1.165, 1.54) is 11.1 Å². The normalized spacial score (nSPS) is 9.29. The van der Waals surface area contributed by atoms with E-state index in [2.05, 4.69) is 30.4 Å². The average molecular weight is 330 g/mol. The van der Waals surface area contributed by atoms with Crippen LogP contribution in [0.2, 0.25) is 0 Å². The van der Waals surface area contributed by atoms with Crippen molar-refractivity contribution in [3.05, 3.63) is 64.9 Å². The third-order valence-electron chi connectivity index (χ3n) is 3.28. The highest BCUT2D eigenvalue weighted by molar-refractivity contribution is 7.99. The minimum atomic E-state index is -0.233. The molecule has 0 saturated carbocycles. The highest BCUT2D eigenvalue weighted by Gasteiger charge is 2.10. The van der Waals surface area contributed by atoms with Gasteiger partial charge in [0.05, 0.1) is 5.69 Å². The first-order chi connectivity index (χ1) is 11.6. The second kappa shape index (κ2) is 7.88. The molecule has 2 rings (SSSR count). The van der Waals surface area contributed by atoms with E-state index in [1.807, 2.05) is 37.3 Å². The fourth-order valence-corrected chi connectivity index (χ4v) is 3.08. The Morgan fingerprint density at radius 3 is 2.25 bits per heavy atom. The van der Waals surface area contributed by atoms with Crippen molar-refractivity contribution in [1.29, 1.82) is 15.8 Å². The van der Waals surface area contributed by atoms with E-state index < -0.39 is 0 Å². The number of anilines is 1. The second-order valence-electron chi connectivity index (χ2n) is 5.08. The maximum Gasteiger partial charge on any atom is 0.163 e. The molecular weight excluding hydrogens is 316 g/mol. The quantitative estimate of drug-likeness (QED) is 0.822. The molecule has 0 aliphatic heterocycles. The Hall–Kier alpha value is -3.20. The molecule has 4 nitrogen and oxygen atoms in total. The first-order valence-corrected chi connectivity index (χ1v) is 7.96. The van der Waals surface area contributed by atoms with Crippen LogP contribution in [0.1, 0.15) is 11.1 Å². The molecule has 116 valence electrons. The standard InChI is InChI=1S/C19H14N4S/c1-13-7-8-18(14(2)9-13)24-19-6-4-3-5-16(19)23-17(12-22)15(10-20)11-21/h3-9,23H,1-2H3. The zero-order chi connectivity index (χ0) is 17.5. The van der Waals surface area contributed by atoms with E-state index in [4.69, 9.17) is 10.5 Å². The molecule has 1 N–H and O–H groups in total. The molecule has 0 saturated heterocycles. The van der Waals surface area contributed by atoms with Gasteiger partial charge in [0.15, 0.2) is 5.57 Å². The third-order valence-corrected chi connectivity index (χ3v) is 4.54.